The Hall–Kier alpha value is -3.35. The highest BCUT2D eigenvalue weighted by Gasteiger charge is 2.37. The van der Waals surface area contributed by atoms with E-state index >= 15 is 0 Å². The third-order valence-corrected chi connectivity index (χ3v) is 7.34. The van der Waals surface area contributed by atoms with Crippen LogP contribution >= 0.6 is 0 Å². The van der Waals surface area contributed by atoms with E-state index in [1.54, 1.807) is 0 Å². The van der Waals surface area contributed by atoms with Crippen LogP contribution in [-0.2, 0) is 14.3 Å². The molecule has 2 aromatic carbocycles. The van der Waals surface area contributed by atoms with Gasteiger partial charge in [-0.05, 0) is 53.9 Å². The van der Waals surface area contributed by atoms with Crippen molar-refractivity contribution in [2.75, 3.05) is 13.2 Å². The van der Waals surface area contributed by atoms with E-state index in [0.717, 1.165) is 41.5 Å². The summed E-state index contributed by atoms with van der Waals surface area (Å²) in [6.07, 6.45) is 2.59. The van der Waals surface area contributed by atoms with Gasteiger partial charge in [0.15, 0.2) is 0 Å². The van der Waals surface area contributed by atoms with Gasteiger partial charge in [0.25, 0.3) is 0 Å². The molecular formula is C28H34N2O5. The Morgan fingerprint density at radius 3 is 2.29 bits per heavy atom. The summed E-state index contributed by atoms with van der Waals surface area (Å²) in [5, 5.41) is 12.4. The molecular weight excluding hydrogens is 444 g/mol. The molecule has 2 N–H and O–H groups in total. The number of carboxylic acids is 1. The van der Waals surface area contributed by atoms with E-state index in [9.17, 15) is 19.5 Å². The van der Waals surface area contributed by atoms with E-state index in [4.69, 9.17) is 4.74 Å². The van der Waals surface area contributed by atoms with Gasteiger partial charge < -0.3 is 20.1 Å². The molecule has 0 aromatic heterocycles. The quantitative estimate of drug-likeness (QED) is 0.568. The van der Waals surface area contributed by atoms with Crippen LogP contribution < -0.4 is 5.32 Å². The molecule has 3 atom stereocenters. The first-order valence-electron chi connectivity index (χ1n) is 12.6. The van der Waals surface area contributed by atoms with Gasteiger partial charge in [0.05, 0.1) is 0 Å². The van der Waals surface area contributed by atoms with Crippen LogP contribution in [0.5, 0.6) is 0 Å². The fourth-order valence-corrected chi connectivity index (χ4v) is 5.23. The molecule has 2 unspecified atom stereocenters. The molecule has 1 aliphatic heterocycles. The molecule has 2 aliphatic rings. The fraction of sp³-hybridized carbons (Fsp3) is 0.464. The zero-order chi connectivity index (χ0) is 24.9. The lowest BCUT2D eigenvalue weighted by Crippen LogP contribution is -2.56. The Bertz CT molecular complexity index is 1040. The Balaban J connectivity index is 1.46. The van der Waals surface area contributed by atoms with Crippen molar-refractivity contribution in [3.63, 3.8) is 0 Å². The zero-order valence-corrected chi connectivity index (χ0v) is 20.4. The van der Waals surface area contributed by atoms with E-state index in [0.29, 0.717) is 19.4 Å². The van der Waals surface area contributed by atoms with Crippen LogP contribution in [0.4, 0.5) is 4.79 Å². The van der Waals surface area contributed by atoms with E-state index in [-0.39, 0.29) is 24.3 Å². The number of amides is 2. The highest BCUT2D eigenvalue weighted by Crippen LogP contribution is 2.44. The lowest BCUT2D eigenvalue weighted by molar-refractivity contribution is -0.153. The van der Waals surface area contributed by atoms with Gasteiger partial charge in [-0.15, -0.1) is 0 Å². The summed E-state index contributed by atoms with van der Waals surface area (Å²) in [7, 11) is 0. The average molecular weight is 479 g/mol. The van der Waals surface area contributed by atoms with Gasteiger partial charge in [-0.3, -0.25) is 4.79 Å². The normalized spacial score (nSPS) is 18.8. The molecule has 4 rings (SSSR count). The van der Waals surface area contributed by atoms with E-state index in [1.165, 1.54) is 4.90 Å². The number of ether oxygens (including phenoxy) is 1. The van der Waals surface area contributed by atoms with Crippen molar-refractivity contribution in [2.24, 2.45) is 5.92 Å². The van der Waals surface area contributed by atoms with Crippen molar-refractivity contribution in [1.82, 2.24) is 10.2 Å². The number of nitrogens with one attached hydrogen (secondary N) is 1. The zero-order valence-electron chi connectivity index (χ0n) is 20.4. The number of rotatable bonds is 8. The molecule has 1 heterocycles. The molecule has 1 saturated heterocycles. The standard InChI is InChI=1S/C28H34N2O5/c1-3-18(2)16-24(26(31)30-15-9-8-14-25(30)27(32)33)29-28(34)35-17-23-21-12-6-4-10-19(21)20-11-5-7-13-22(20)23/h4-7,10-13,18,23-25H,3,8-9,14-17H2,1-2H3,(H,29,34)(H,32,33)/t18?,24?,25-/m1/s1. The van der Waals surface area contributed by atoms with Crippen LogP contribution in [-0.4, -0.2) is 53.2 Å². The third kappa shape index (κ3) is 5.34. The summed E-state index contributed by atoms with van der Waals surface area (Å²) in [5.41, 5.74) is 4.52. The third-order valence-electron chi connectivity index (χ3n) is 7.34. The van der Waals surface area contributed by atoms with Crippen molar-refractivity contribution in [3.05, 3.63) is 59.7 Å². The Morgan fingerprint density at radius 2 is 1.69 bits per heavy atom. The summed E-state index contributed by atoms with van der Waals surface area (Å²) in [5.74, 6) is -1.23. The van der Waals surface area contributed by atoms with Gasteiger partial charge in [0, 0.05) is 12.5 Å². The second-order valence-corrected chi connectivity index (χ2v) is 9.65. The molecule has 35 heavy (non-hydrogen) atoms. The van der Waals surface area contributed by atoms with E-state index in [2.05, 4.69) is 29.6 Å². The van der Waals surface area contributed by atoms with Crippen LogP contribution in [0.15, 0.2) is 48.5 Å². The molecule has 1 fully saturated rings. The van der Waals surface area contributed by atoms with Crippen molar-refractivity contribution in [2.45, 2.75) is 64.0 Å². The molecule has 0 saturated carbocycles. The lowest BCUT2D eigenvalue weighted by atomic mass is 9.96. The minimum atomic E-state index is -0.999. The number of nitrogens with zero attached hydrogens (tertiary/aromatic N) is 1. The molecule has 7 heteroatoms. The number of piperidine rings is 1. The Labute approximate surface area is 206 Å². The number of carboxylic acid groups (broad SMARTS) is 1. The molecule has 0 bridgehead atoms. The largest absolute Gasteiger partial charge is 0.480 e. The minimum Gasteiger partial charge on any atom is -0.480 e. The number of aliphatic carboxylic acids is 1. The molecule has 2 amide bonds. The van der Waals surface area contributed by atoms with Gasteiger partial charge >= 0.3 is 12.1 Å². The molecule has 7 nitrogen and oxygen atoms in total. The van der Waals surface area contributed by atoms with Crippen LogP contribution in [0.1, 0.15) is 63.0 Å². The molecule has 1 aliphatic carbocycles. The summed E-state index contributed by atoms with van der Waals surface area (Å²) in [6, 6.07) is 14.6. The number of hydrogen-bond acceptors (Lipinski definition) is 4. The van der Waals surface area contributed by atoms with Gasteiger partial charge in [-0.2, -0.15) is 0 Å². The number of hydrogen-bond donors (Lipinski definition) is 2. The van der Waals surface area contributed by atoms with Gasteiger partial charge in [0.2, 0.25) is 5.91 Å². The maximum absolute atomic E-state index is 13.4. The van der Waals surface area contributed by atoms with Gasteiger partial charge in [-0.1, -0.05) is 68.8 Å². The Morgan fingerprint density at radius 1 is 1.06 bits per heavy atom. The van der Waals surface area contributed by atoms with E-state index in [1.807, 2.05) is 38.1 Å². The fourth-order valence-electron chi connectivity index (χ4n) is 5.23. The smallest absolute Gasteiger partial charge is 0.407 e. The molecule has 0 radical (unpaired) electrons. The second-order valence-electron chi connectivity index (χ2n) is 9.65. The molecule has 2 aromatic rings. The number of carbonyl (C=O) groups excluding carboxylic acids is 2. The first kappa shape index (κ1) is 24.8. The summed E-state index contributed by atoms with van der Waals surface area (Å²) in [6.45, 7) is 4.59. The van der Waals surface area contributed by atoms with Gasteiger partial charge in [0.1, 0.15) is 18.7 Å². The van der Waals surface area contributed by atoms with Gasteiger partial charge in [-0.25, -0.2) is 9.59 Å². The monoisotopic (exact) mass is 478 g/mol. The summed E-state index contributed by atoms with van der Waals surface area (Å²) >= 11 is 0. The average Bonchev–Trinajstić information content (AvgIpc) is 3.20. The maximum atomic E-state index is 13.4. The predicted octanol–water partition coefficient (Wildman–Crippen LogP) is 4.80. The van der Waals surface area contributed by atoms with Crippen LogP contribution in [0.2, 0.25) is 0 Å². The van der Waals surface area contributed by atoms with Crippen molar-refractivity contribution in [3.8, 4) is 11.1 Å². The first-order chi connectivity index (χ1) is 16.9. The topological polar surface area (TPSA) is 95.9 Å². The number of fused-ring (bicyclic) bond motifs is 3. The second kappa shape index (κ2) is 10.9. The first-order valence-corrected chi connectivity index (χ1v) is 12.6. The van der Waals surface area contributed by atoms with Crippen molar-refractivity contribution < 1.29 is 24.2 Å². The minimum absolute atomic E-state index is 0.0737. The number of carbonyl (C=O) groups is 3. The Kier molecular flexibility index (Phi) is 7.73. The van der Waals surface area contributed by atoms with Crippen molar-refractivity contribution >= 4 is 18.0 Å². The lowest BCUT2D eigenvalue weighted by Gasteiger charge is -2.36. The number of alkyl carbamates (subject to hydrolysis) is 1. The highest BCUT2D eigenvalue weighted by atomic mass is 16.5. The van der Waals surface area contributed by atoms with E-state index < -0.39 is 24.1 Å². The maximum Gasteiger partial charge on any atom is 0.407 e. The SMILES string of the molecule is CCC(C)CC(NC(=O)OCC1c2ccccc2-c2ccccc21)C(=O)N1CCCC[C@@H]1C(=O)O. The highest BCUT2D eigenvalue weighted by molar-refractivity contribution is 5.89. The van der Waals surface area contributed by atoms with Crippen molar-refractivity contribution in [1.29, 1.82) is 0 Å². The van der Waals surface area contributed by atoms with Crippen LogP contribution in [0.25, 0.3) is 11.1 Å². The van der Waals surface area contributed by atoms with Crippen LogP contribution in [0.3, 0.4) is 0 Å². The van der Waals surface area contributed by atoms with Crippen LogP contribution in [0, 0.1) is 5.92 Å². The number of likely N-dealkylation sites (tertiary alicyclic amines) is 1. The summed E-state index contributed by atoms with van der Waals surface area (Å²) < 4.78 is 5.66. The summed E-state index contributed by atoms with van der Waals surface area (Å²) in [4.78, 5) is 39.4. The predicted molar refractivity (Wildman–Crippen MR) is 133 cm³/mol. The molecule has 0 spiro atoms. The molecule has 186 valence electrons. The number of benzene rings is 2.